The van der Waals surface area contributed by atoms with Crippen LogP contribution in [0.3, 0.4) is 0 Å². The van der Waals surface area contributed by atoms with E-state index in [1.165, 1.54) is 0 Å². The third-order valence-electron chi connectivity index (χ3n) is 6.78. The van der Waals surface area contributed by atoms with Crippen molar-refractivity contribution in [3.8, 4) is 0 Å². The lowest BCUT2D eigenvalue weighted by Crippen LogP contribution is -2.41. The van der Waals surface area contributed by atoms with Gasteiger partial charge in [-0.2, -0.15) is 4.39 Å². The Morgan fingerprint density at radius 3 is 2.61 bits per heavy atom. The minimum absolute atomic E-state index is 0.109. The van der Waals surface area contributed by atoms with E-state index in [0.29, 0.717) is 42.2 Å². The van der Waals surface area contributed by atoms with Crippen LogP contribution in [-0.4, -0.2) is 77.2 Å². The molecule has 2 amide bonds. The van der Waals surface area contributed by atoms with Crippen LogP contribution in [0.1, 0.15) is 44.9 Å². The number of hydroxylamine groups is 2. The zero-order valence-corrected chi connectivity index (χ0v) is 19.9. The average Bonchev–Trinajstić information content (AvgIpc) is 3.42. The molecule has 1 saturated carbocycles. The molecule has 1 aromatic rings. The summed E-state index contributed by atoms with van der Waals surface area (Å²) in [5, 5.41) is 10.1. The van der Waals surface area contributed by atoms with Crippen molar-refractivity contribution in [1.82, 2.24) is 25.4 Å². The van der Waals surface area contributed by atoms with Crippen molar-refractivity contribution in [2.75, 3.05) is 44.1 Å². The van der Waals surface area contributed by atoms with Gasteiger partial charge < -0.3 is 9.80 Å². The summed E-state index contributed by atoms with van der Waals surface area (Å²) >= 11 is 0. The van der Waals surface area contributed by atoms with Gasteiger partial charge in [0.15, 0.2) is 11.6 Å². The first-order valence-electron chi connectivity index (χ1n) is 11.6. The Morgan fingerprint density at radius 1 is 1.30 bits per heavy atom. The van der Waals surface area contributed by atoms with Gasteiger partial charge in [-0.25, -0.2) is 15.0 Å². The second-order valence-electron chi connectivity index (χ2n) is 9.60. The molecule has 10 nitrogen and oxygen atoms in total. The molecule has 1 aromatic heterocycles. The number of nitrogens with one attached hydrogen (secondary N) is 2. The molecule has 0 radical (unpaired) electrons. The molecule has 33 heavy (non-hydrogen) atoms. The number of halogens is 1. The highest BCUT2D eigenvalue weighted by Crippen LogP contribution is 2.31. The Kier molecular flexibility index (Phi) is 8.41. The fourth-order valence-electron chi connectivity index (χ4n) is 5.04. The van der Waals surface area contributed by atoms with Gasteiger partial charge in [0, 0.05) is 19.1 Å². The van der Waals surface area contributed by atoms with Crippen molar-refractivity contribution >= 4 is 24.0 Å². The second kappa shape index (κ2) is 11.1. The maximum absolute atomic E-state index is 15.3. The maximum atomic E-state index is 15.3. The molecule has 1 aliphatic carbocycles. The monoisotopic (exact) mass is 465 g/mol. The average molecular weight is 466 g/mol. The summed E-state index contributed by atoms with van der Waals surface area (Å²) in [4.78, 5) is 36.2. The zero-order chi connectivity index (χ0) is 24.1. The molecule has 1 aliphatic heterocycles. The minimum atomic E-state index is -0.628. The van der Waals surface area contributed by atoms with Gasteiger partial charge in [0.05, 0.1) is 12.5 Å². The van der Waals surface area contributed by atoms with Gasteiger partial charge in [-0.15, -0.1) is 0 Å². The molecule has 2 aliphatic rings. The quantitative estimate of drug-likeness (QED) is 0.272. The number of likely N-dealkylation sites (N-methyl/N-ethyl adjacent to an activating group) is 1. The minimum Gasteiger partial charge on any atom is -0.352 e. The summed E-state index contributed by atoms with van der Waals surface area (Å²) in [5.74, 6) is -0.480. The number of nitrogens with zero attached hydrogens (tertiary/aromatic N) is 5. The van der Waals surface area contributed by atoms with Crippen LogP contribution >= 0.6 is 0 Å². The second-order valence-corrected chi connectivity index (χ2v) is 9.60. The van der Waals surface area contributed by atoms with E-state index >= 15 is 4.39 Å². The van der Waals surface area contributed by atoms with Gasteiger partial charge in [-0.3, -0.25) is 25.6 Å². The van der Waals surface area contributed by atoms with Crippen molar-refractivity contribution in [1.29, 1.82) is 0 Å². The predicted molar refractivity (Wildman–Crippen MR) is 122 cm³/mol. The summed E-state index contributed by atoms with van der Waals surface area (Å²) in [5.41, 5.74) is 5.13. The van der Waals surface area contributed by atoms with Crippen LogP contribution in [0.5, 0.6) is 0 Å². The van der Waals surface area contributed by atoms with Crippen LogP contribution in [0, 0.1) is 30.5 Å². The number of hydrogen-bond acceptors (Lipinski definition) is 8. The number of carbonyl (C=O) groups excluding carboxylic acids is 2. The topological polar surface area (TPSA) is 114 Å². The van der Waals surface area contributed by atoms with E-state index in [-0.39, 0.29) is 30.6 Å². The van der Waals surface area contributed by atoms with E-state index in [9.17, 15) is 14.8 Å². The van der Waals surface area contributed by atoms with E-state index < -0.39 is 17.6 Å². The fourth-order valence-corrected chi connectivity index (χ4v) is 5.04. The van der Waals surface area contributed by atoms with Crippen molar-refractivity contribution in [2.24, 2.45) is 17.8 Å². The molecule has 11 heteroatoms. The molecular weight excluding hydrogens is 429 g/mol. The zero-order valence-electron chi connectivity index (χ0n) is 19.9. The molecule has 0 bridgehead atoms. The van der Waals surface area contributed by atoms with Crippen molar-refractivity contribution < 1.29 is 19.2 Å². The standard InChI is InChI=1S/C22H36FN7O3/c1-14-10-29(12-18(14)28(3)4)21-19(23)20(24-15(2)25-21)26-27-22(32)17(11-30(33)13-31)9-16-7-5-6-8-16/h13-14,16-18,33H,5-12H2,1-4H3,(H,27,32)(H,24,25,26)/t14-,17-,18-/m1/s1. The third-order valence-corrected chi connectivity index (χ3v) is 6.78. The van der Waals surface area contributed by atoms with Crippen LogP contribution in [0.15, 0.2) is 0 Å². The number of hydrogen-bond donors (Lipinski definition) is 3. The first kappa shape index (κ1) is 25.1. The number of aromatic nitrogens is 2. The largest absolute Gasteiger partial charge is 0.352 e. The Hall–Kier alpha value is -2.53. The van der Waals surface area contributed by atoms with Crippen LogP contribution in [0.25, 0.3) is 0 Å². The fraction of sp³-hybridized carbons (Fsp3) is 0.727. The highest BCUT2D eigenvalue weighted by atomic mass is 19.1. The molecular formula is C22H36FN7O3. The highest BCUT2D eigenvalue weighted by Gasteiger charge is 2.34. The molecule has 184 valence electrons. The molecule has 0 unspecified atom stereocenters. The molecule has 0 aromatic carbocycles. The number of rotatable bonds is 10. The Morgan fingerprint density at radius 2 is 2.00 bits per heavy atom. The Balaban J connectivity index is 1.70. The van der Waals surface area contributed by atoms with Gasteiger partial charge >= 0.3 is 0 Å². The van der Waals surface area contributed by atoms with E-state index in [1.54, 1.807) is 6.92 Å². The summed E-state index contributed by atoms with van der Waals surface area (Å²) in [6.07, 6.45) is 5.11. The van der Waals surface area contributed by atoms with E-state index in [0.717, 1.165) is 25.7 Å². The van der Waals surface area contributed by atoms with Crippen molar-refractivity contribution in [2.45, 2.75) is 52.0 Å². The first-order chi connectivity index (χ1) is 15.7. The van der Waals surface area contributed by atoms with Gasteiger partial charge in [0.25, 0.3) is 0 Å². The molecule has 2 fully saturated rings. The first-order valence-corrected chi connectivity index (χ1v) is 11.6. The van der Waals surface area contributed by atoms with Crippen LogP contribution in [0.4, 0.5) is 16.0 Å². The number of aryl methyl sites for hydroxylation is 1. The molecule has 0 spiro atoms. The molecule has 3 N–H and O–H groups in total. The normalized spacial score (nSPS) is 22.0. The van der Waals surface area contributed by atoms with Gasteiger partial charge in [-0.05, 0) is 39.3 Å². The lowest BCUT2D eigenvalue weighted by atomic mass is 9.92. The number of anilines is 2. The summed E-state index contributed by atoms with van der Waals surface area (Å²) in [6, 6.07) is 0.284. The number of amides is 2. The van der Waals surface area contributed by atoms with Gasteiger partial charge in [0.2, 0.25) is 18.1 Å². The van der Waals surface area contributed by atoms with Crippen LogP contribution in [0.2, 0.25) is 0 Å². The summed E-state index contributed by atoms with van der Waals surface area (Å²) in [7, 11) is 4.02. The summed E-state index contributed by atoms with van der Waals surface area (Å²) in [6.45, 7) is 5.00. The number of carbonyl (C=O) groups is 2. The van der Waals surface area contributed by atoms with E-state index in [2.05, 4.69) is 32.6 Å². The van der Waals surface area contributed by atoms with E-state index in [1.807, 2.05) is 19.0 Å². The summed E-state index contributed by atoms with van der Waals surface area (Å²) < 4.78 is 15.3. The smallest absolute Gasteiger partial charge is 0.243 e. The van der Waals surface area contributed by atoms with Crippen LogP contribution < -0.4 is 15.8 Å². The highest BCUT2D eigenvalue weighted by molar-refractivity contribution is 5.80. The number of hydrazine groups is 1. The molecule has 1 saturated heterocycles. The SMILES string of the molecule is Cc1nc(NNC(=O)[C@H](CC2CCCC2)CN(O)C=O)c(F)c(N2C[C@@H](C)[C@H](N(C)C)C2)n1. The molecule has 2 heterocycles. The molecule has 3 rings (SSSR count). The van der Waals surface area contributed by atoms with Gasteiger partial charge in [-0.1, -0.05) is 32.6 Å². The lowest BCUT2D eigenvalue weighted by molar-refractivity contribution is -0.154. The lowest BCUT2D eigenvalue weighted by Gasteiger charge is -2.24. The third kappa shape index (κ3) is 6.29. The van der Waals surface area contributed by atoms with Gasteiger partial charge in [0.1, 0.15) is 5.82 Å². The predicted octanol–water partition coefficient (Wildman–Crippen LogP) is 1.80. The molecule has 3 atom stereocenters. The van der Waals surface area contributed by atoms with Crippen molar-refractivity contribution in [3.63, 3.8) is 0 Å². The Bertz CT molecular complexity index is 834. The van der Waals surface area contributed by atoms with E-state index in [4.69, 9.17) is 0 Å². The van der Waals surface area contributed by atoms with Crippen LogP contribution in [-0.2, 0) is 9.59 Å². The van der Waals surface area contributed by atoms with Crippen molar-refractivity contribution in [3.05, 3.63) is 11.6 Å². The Labute approximate surface area is 194 Å². The maximum Gasteiger partial charge on any atom is 0.243 e.